The first-order valence-electron chi connectivity index (χ1n) is 5.18. The van der Waals surface area contributed by atoms with Crippen molar-refractivity contribution < 1.29 is 0 Å². The fourth-order valence-corrected chi connectivity index (χ4v) is 2.59. The monoisotopic (exact) mass is 289 g/mol. The molecule has 0 fully saturated rings. The lowest BCUT2D eigenvalue weighted by Crippen LogP contribution is -2.04. The molecule has 0 aliphatic heterocycles. The van der Waals surface area contributed by atoms with E-state index in [0.29, 0.717) is 5.88 Å². The van der Waals surface area contributed by atoms with Crippen LogP contribution in [0.5, 0.6) is 0 Å². The maximum absolute atomic E-state index is 5.48. The summed E-state index contributed by atoms with van der Waals surface area (Å²) in [6.45, 7) is 4.87. The molecule has 6 heteroatoms. The first kappa shape index (κ1) is 14.6. The lowest BCUT2D eigenvalue weighted by Gasteiger charge is -1.89. The third-order valence-corrected chi connectivity index (χ3v) is 3.75. The fraction of sp³-hybridized carbons (Fsp3) is 0.455. The molecule has 0 saturated carbocycles. The molecule has 2 aromatic heterocycles. The lowest BCUT2D eigenvalue weighted by molar-refractivity contribution is 0.795. The van der Waals surface area contributed by atoms with E-state index in [1.54, 1.807) is 22.7 Å². The fourth-order valence-electron chi connectivity index (χ4n) is 1.14. The molecule has 0 aliphatic rings. The van der Waals surface area contributed by atoms with Gasteiger partial charge in [-0.05, 0) is 20.9 Å². The summed E-state index contributed by atoms with van der Waals surface area (Å²) in [5.74, 6) is 0.532. The van der Waals surface area contributed by atoms with Crippen molar-refractivity contribution in [1.29, 1.82) is 0 Å². The number of thiazole rings is 2. The lowest BCUT2D eigenvalue weighted by atomic mass is 10.5. The summed E-state index contributed by atoms with van der Waals surface area (Å²) in [6, 6.07) is 0. The average Bonchev–Trinajstić information content (AvgIpc) is 2.89. The van der Waals surface area contributed by atoms with Crippen LogP contribution in [-0.2, 0) is 12.4 Å². The Hall–Kier alpha value is -0.490. The maximum Gasteiger partial charge on any atom is 0.0897 e. The van der Waals surface area contributed by atoms with Gasteiger partial charge in [0.05, 0.1) is 27.3 Å². The molecule has 1 N–H and O–H groups in total. The first-order chi connectivity index (χ1) is 8.15. The van der Waals surface area contributed by atoms with Crippen molar-refractivity contribution in [2.24, 2.45) is 0 Å². The second-order valence-electron chi connectivity index (χ2n) is 3.38. The molecular formula is C11H16ClN3S2. The number of aromatic nitrogens is 2. The van der Waals surface area contributed by atoms with E-state index >= 15 is 0 Å². The summed E-state index contributed by atoms with van der Waals surface area (Å²) >= 11 is 8.81. The van der Waals surface area contributed by atoms with E-state index in [4.69, 9.17) is 11.6 Å². The predicted octanol–water partition coefficient (Wildman–Crippen LogP) is 3.36. The number of nitrogens with zero attached hydrogens (tertiary/aromatic N) is 2. The smallest absolute Gasteiger partial charge is 0.0897 e. The van der Waals surface area contributed by atoms with Gasteiger partial charge in [-0.2, -0.15) is 0 Å². The Bertz CT molecular complexity index is 439. The van der Waals surface area contributed by atoms with Gasteiger partial charge in [0.25, 0.3) is 0 Å². The Morgan fingerprint density at radius 3 is 1.94 bits per heavy atom. The second kappa shape index (κ2) is 7.76. The topological polar surface area (TPSA) is 37.8 Å². The van der Waals surface area contributed by atoms with Crippen LogP contribution in [0.3, 0.4) is 0 Å². The molecule has 0 bridgehead atoms. The Balaban J connectivity index is 0.000000171. The highest BCUT2D eigenvalue weighted by molar-refractivity contribution is 7.09. The molecule has 0 amide bonds. The van der Waals surface area contributed by atoms with Gasteiger partial charge in [0.2, 0.25) is 0 Å². The zero-order valence-electron chi connectivity index (χ0n) is 10.2. The summed E-state index contributed by atoms with van der Waals surface area (Å²) in [5.41, 5.74) is 2.12. The average molecular weight is 290 g/mol. The molecule has 17 heavy (non-hydrogen) atoms. The molecule has 2 heterocycles. The third-order valence-electron chi connectivity index (χ3n) is 1.83. The van der Waals surface area contributed by atoms with Gasteiger partial charge >= 0.3 is 0 Å². The van der Waals surface area contributed by atoms with Gasteiger partial charge < -0.3 is 5.32 Å². The molecule has 2 rings (SSSR count). The normalized spacial score (nSPS) is 9.88. The molecular weight excluding hydrogens is 274 g/mol. The summed E-state index contributed by atoms with van der Waals surface area (Å²) < 4.78 is 0. The first-order valence-corrected chi connectivity index (χ1v) is 7.47. The molecule has 0 spiro atoms. The van der Waals surface area contributed by atoms with Gasteiger partial charge in [-0.1, -0.05) is 0 Å². The van der Waals surface area contributed by atoms with E-state index in [-0.39, 0.29) is 0 Å². The van der Waals surface area contributed by atoms with Gasteiger partial charge in [-0.15, -0.1) is 34.3 Å². The zero-order chi connectivity index (χ0) is 12.7. The summed E-state index contributed by atoms with van der Waals surface area (Å²) in [5, 5.41) is 9.31. The Kier molecular flexibility index (Phi) is 6.65. The number of hydrogen-bond acceptors (Lipinski definition) is 5. The van der Waals surface area contributed by atoms with Gasteiger partial charge in [-0.25, -0.2) is 9.97 Å². The quantitative estimate of drug-likeness (QED) is 0.881. The van der Waals surface area contributed by atoms with Crippen LogP contribution in [0.1, 0.15) is 21.4 Å². The highest BCUT2D eigenvalue weighted by Crippen LogP contribution is 2.09. The zero-order valence-corrected chi connectivity index (χ0v) is 12.5. The standard InChI is InChI=1S/C6H10N2S.C5H6ClNS/c1-5-8-6(3-7-2)4-9-5;1-4-7-5(2-6)3-8-4/h4,7H,3H2,1-2H3;3H,2H2,1H3. The van der Waals surface area contributed by atoms with Crippen molar-refractivity contribution in [2.75, 3.05) is 7.05 Å². The molecule has 0 unspecified atom stereocenters. The van der Waals surface area contributed by atoms with E-state index in [1.807, 2.05) is 26.3 Å². The summed E-state index contributed by atoms with van der Waals surface area (Å²) in [7, 11) is 1.93. The third kappa shape index (κ3) is 5.59. The number of rotatable bonds is 3. The highest BCUT2D eigenvalue weighted by Gasteiger charge is 1.93. The van der Waals surface area contributed by atoms with E-state index in [9.17, 15) is 0 Å². The largest absolute Gasteiger partial charge is 0.314 e. The molecule has 0 saturated heterocycles. The molecule has 0 radical (unpaired) electrons. The van der Waals surface area contributed by atoms with Crippen molar-refractivity contribution in [3.63, 3.8) is 0 Å². The molecule has 0 aromatic carbocycles. The molecule has 0 aliphatic carbocycles. The van der Waals surface area contributed by atoms with Crippen molar-refractivity contribution in [1.82, 2.24) is 15.3 Å². The van der Waals surface area contributed by atoms with Crippen LogP contribution in [-0.4, -0.2) is 17.0 Å². The number of halogens is 1. The van der Waals surface area contributed by atoms with Gasteiger partial charge in [-0.3, -0.25) is 0 Å². The van der Waals surface area contributed by atoms with Crippen molar-refractivity contribution in [3.8, 4) is 0 Å². The summed E-state index contributed by atoms with van der Waals surface area (Å²) in [6.07, 6.45) is 0. The van der Waals surface area contributed by atoms with Crippen molar-refractivity contribution in [2.45, 2.75) is 26.3 Å². The minimum Gasteiger partial charge on any atom is -0.314 e. The molecule has 0 atom stereocenters. The number of aryl methyl sites for hydroxylation is 2. The Morgan fingerprint density at radius 2 is 1.65 bits per heavy atom. The van der Waals surface area contributed by atoms with E-state index < -0.39 is 0 Å². The molecule has 94 valence electrons. The number of nitrogens with one attached hydrogen (secondary N) is 1. The Morgan fingerprint density at radius 1 is 1.12 bits per heavy atom. The number of hydrogen-bond donors (Lipinski definition) is 1. The van der Waals surface area contributed by atoms with Crippen LogP contribution in [0.4, 0.5) is 0 Å². The van der Waals surface area contributed by atoms with Gasteiger partial charge in [0, 0.05) is 17.3 Å². The minimum absolute atomic E-state index is 0.532. The van der Waals surface area contributed by atoms with E-state index in [0.717, 1.165) is 27.9 Å². The second-order valence-corrected chi connectivity index (χ2v) is 5.77. The van der Waals surface area contributed by atoms with Crippen LogP contribution in [0.25, 0.3) is 0 Å². The minimum atomic E-state index is 0.532. The van der Waals surface area contributed by atoms with Crippen LogP contribution in [0, 0.1) is 13.8 Å². The van der Waals surface area contributed by atoms with Crippen molar-refractivity contribution in [3.05, 3.63) is 32.2 Å². The van der Waals surface area contributed by atoms with Crippen LogP contribution in [0.2, 0.25) is 0 Å². The van der Waals surface area contributed by atoms with Crippen LogP contribution < -0.4 is 5.32 Å². The van der Waals surface area contributed by atoms with Gasteiger partial charge in [0.15, 0.2) is 0 Å². The van der Waals surface area contributed by atoms with Gasteiger partial charge in [0.1, 0.15) is 0 Å². The summed E-state index contributed by atoms with van der Waals surface area (Å²) in [4.78, 5) is 8.37. The highest BCUT2D eigenvalue weighted by atomic mass is 35.5. The molecule has 2 aromatic rings. The van der Waals surface area contributed by atoms with E-state index in [1.165, 1.54) is 0 Å². The molecule has 3 nitrogen and oxygen atoms in total. The van der Waals surface area contributed by atoms with Crippen LogP contribution in [0.15, 0.2) is 10.8 Å². The van der Waals surface area contributed by atoms with Crippen molar-refractivity contribution >= 4 is 34.3 Å². The number of alkyl halides is 1. The van der Waals surface area contributed by atoms with Crippen LogP contribution >= 0.6 is 34.3 Å². The van der Waals surface area contributed by atoms with E-state index in [2.05, 4.69) is 20.7 Å². The Labute approximate surface area is 115 Å². The SMILES string of the molecule is CNCc1csc(C)n1.Cc1nc(CCl)cs1. The predicted molar refractivity (Wildman–Crippen MR) is 76.0 cm³/mol. The maximum atomic E-state index is 5.48.